The zero-order valence-electron chi connectivity index (χ0n) is 9.02. The molecule has 0 aliphatic carbocycles. The molecule has 8 heteroatoms. The van der Waals surface area contributed by atoms with Gasteiger partial charge < -0.3 is 21.0 Å². The molecule has 0 aliphatic heterocycles. The number of nitrogens with two attached hydrogens (primary N) is 1. The maximum Gasteiger partial charge on any atom is 0.423 e. The van der Waals surface area contributed by atoms with Gasteiger partial charge in [0.25, 0.3) is 5.91 Å². The van der Waals surface area contributed by atoms with E-state index in [0.29, 0.717) is 0 Å². The molecule has 1 amide bonds. The van der Waals surface area contributed by atoms with Crippen LogP contribution in [0.3, 0.4) is 0 Å². The van der Waals surface area contributed by atoms with Crippen LogP contribution in [0.15, 0.2) is 35.8 Å². The Morgan fingerprint density at radius 2 is 2.11 bits per heavy atom. The third-order valence-corrected chi connectivity index (χ3v) is 2.47. The number of aromatic nitrogens is 1. The minimum Gasteiger partial charge on any atom is -0.507 e. The number of amides is 1. The van der Waals surface area contributed by atoms with E-state index < -0.39 is 10.8 Å². The number of carbonyl (C=O) groups is 1. The van der Waals surface area contributed by atoms with Crippen molar-refractivity contribution in [1.29, 1.82) is 0 Å². The van der Waals surface area contributed by atoms with Gasteiger partial charge >= 0.3 is 5.13 Å². The molecule has 0 aliphatic rings. The third kappa shape index (κ3) is 3.83. The molecule has 1 heterocycles. The van der Waals surface area contributed by atoms with E-state index in [0.717, 1.165) is 11.3 Å². The molecule has 0 fully saturated rings. The molecule has 0 saturated heterocycles. The van der Waals surface area contributed by atoms with Gasteiger partial charge in [-0.2, -0.15) is 0 Å². The highest BCUT2D eigenvalue weighted by molar-refractivity contribution is 7.12. The summed E-state index contributed by atoms with van der Waals surface area (Å²) in [5.74, 6) is -0.687. The number of primary amides is 1. The first-order chi connectivity index (χ1) is 8.52. The smallest absolute Gasteiger partial charge is 0.423 e. The minimum atomic E-state index is -0.613. The Hall–Kier alpha value is -2.48. The van der Waals surface area contributed by atoms with Crippen LogP contribution in [0.4, 0.5) is 5.13 Å². The molecule has 0 radical (unpaired) electrons. The van der Waals surface area contributed by atoms with Crippen LogP contribution in [0.5, 0.6) is 5.75 Å². The molecule has 1 aromatic carbocycles. The van der Waals surface area contributed by atoms with Crippen molar-refractivity contribution in [2.45, 2.75) is 0 Å². The van der Waals surface area contributed by atoms with E-state index in [4.69, 9.17) is 10.8 Å². The number of phenols is 1. The Morgan fingerprint density at radius 3 is 2.44 bits per heavy atom. The number of aromatic hydroxyl groups is 1. The van der Waals surface area contributed by atoms with Gasteiger partial charge in [-0.1, -0.05) is 12.1 Å². The van der Waals surface area contributed by atoms with Crippen LogP contribution in [0.25, 0.3) is 0 Å². The zero-order chi connectivity index (χ0) is 13.5. The number of nitrogens with zero attached hydrogens (tertiary/aromatic N) is 2. The molecule has 0 spiro atoms. The lowest BCUT2D eigenvalue weighted by Gasteiger charge is -1.96. The van der Waals surface area contributed by atoms with Gasteiger partial charge in [0.15, 0.2) is 6.20 Å². The van der Waals surface area contributed by atoms with E-state index in [2.05, 4.69) is 4.98 Å². The number of hydrogen-bond donors (Lipinski definition) is 2. The van der Waals surface area contributed by atoms with Crippen molar-refractivity contribution in [1.82, 2.24) is 4.98 Å². The largest absolute Gasteiger partial charge is 0.507 e. The van der Waals surface area contributed by atoms with Crippen molar-refractivity contribution in [3.05, 3.63) is 51.5 Å². The maximum absolute atomic E-state index is 10.5. The molecule has 2 aromatic rings. The molecule has 7 nitrogen and oxygen atoms in total. The van der Waals surface area contributed by atoms with Crippen LogP contribution < -0.4 is 5.73 Å². The second kappa shape index (κ2) is 6.30. The van der Waals surface area contributed by atoms with Crippen LogP contribution in [0.1, 0.15) is 10.4 Å². The van der Waals surface area contributed by atoms with Gasteiger partial charge in [-0.15, -0.1) is 0 Å². The van der Waals surface area contributed by atoms with Gasteiger partial charge in [0.2, 0.25) is 0 Å². The lowest BCUT2D eigenvalue weighted by Crippen LogP contribution is -2.10. The first-order valence-corrected chi connectivity index (χ1v) is 5.52. The summed E-state index contributed by atoms with van der Waals surface area (Å²) in [5.41, 5.74) is 5.07. The van der Waals surface area contributed by atoms with E-state index >= 15 is 0 Å². The van der Waals surface area contributed by atoms with E-state index in [1.165, 1.54) is 18.3 Å². The number of para-hydroxylation sites is 1. The van der Waals surface area contributed by atoms with Crippen molar-refractivity contribution < 1.29 is 14.8 Å². The molecular formula is C10H9N3O4S. The zero-order valence-corrected chi connectivity index (χ0v) is 9.83. The van der Waals surface area contributed by atoms with Crippen molar-refractivity contribution in [2.24, 2.45) is 5.73 Å². The molecule has 0 atom stereocenters. The van der Waals surface area contributed by atoms with Gasteiger partial charge in [-0.25, -0.2) is 0 Å². The third-order valence-electron chi connectivity index (χ3n) is 1.74. The fourth-order valence-electron chi connectivity index (χ4n) is 0.988. The molecule has 1 aromatic heterocycles. The maximum atomic E-state index is 10.5. The normalized spacial score (nSPS) is 9.11. The van der Waals surface area contributed by atoms with Gasteiger partial charge in [-0.05, 0) is 33.4 Å². The Morgan fingerprint density at radius 1 is 1.44 bits per heavy atom. The minimum absolute atomic E-state index is 0.0509. The molecule has 94 valence electrons. The van der Waals surface area contributed by atoms with Crippen molar-refractivity contribution >= 4 is 22.4 Å². The van der Waals surface area contributed by atoms with Gasteiger partial charge in [0, 0.05) is 5.38 Å². The summed E-state index contributed by atoms with van der Waals surface area (Å²) < 4.78 is 0. The van der Waals surface area contributed by atoms with Crippen LogP contribution in [0, 0.1) is 10.1 Å². The fraction of sp³-hybridized carbons (Fsp3) is 0. The van der Waals surface area contributed by atoms with Crippen molar-refractivity contribution in [3.63, 3.8) is 0 Å². The van der Waals surface area contributed by atoms with E-state index in [-0.39, 0.29) is 16.4 Å². The van der Waals surface area contributed by atoms with Crippen LogP contribution in [-0.4, -0.2) is 20.9 Å². The van der Waals surface area contributed by atoms with E-state index in [1.54, 1.807) is 17.5 Å². The summed E-state index contributed by atoms with van der Waals surface area (Å²) in [5, 5.41) is 20.3. The highest BCUT2D eigenvalue weighted by Gasteiger charge is 2.04. The fourth-order valence-corrected chi connectivity index (χ4v) is 1.44. The summed E-state index contributed by atoms with van der Waals surface area (Å²) in [4.78, 5) is 23.2. The Labute approximate surface area is 106 Å². The summed E-state index contributed by atoms with van der Waals surface area (Å²) in [6, 6.07) is 6.15. The van der Waals surface area contributed by atoms with Crippen LogP contribution in [0.2, 0.25) is 0 Å². The molecule has 2 rings (SSSR count). The average Bonchev–Trinajstić information content (AvgIpc) is 2.83. The van der Waals surface area contributed by atoms with E-state index in [9.17, 15) is 14.9 Å². The number of nitro groups is 1. The summed E-state index contributed by atoms with van der Waals surface area (Å²) in [7, 11) is 0. The number of carbonyl (C=O) groups excluding carboxylic acids is 1. The molecule has 18 heavy (non-hydrogen) atoms. The highest BCUT2D eigenvalue weighted by atomic mass is 32.1. The van der Waals surface area contributed by atoms with E-state index in [1.807, 2.05) is 0 Å². The van der Waals surface area contributed by atoms with Crippen LogP contribution in [-0.2, 0) is 0 Å². The van der Waals surface area contributed by atoms with Gasteiger partial charge in [0.05, 0.1) is 5.56 Å². The molecule has 0 saturated carbocycles. The average molecular weight is 267 g/mol. The number of benzene rings is 1. The standard InChI is InChI=1S/C7H7NO2.C3H2N2O2S/c8-7(10)5-3-1-2-4-6(5)9;6-5(7)3-4-1-2-8-3/h1-4,9H,(H2,8,10);1-2H. The first-order valence-electron chi connectivity index (χ1n) is 4.64. The topological polar surface area (TPSA) is 119 Å². The number of thiazole rings is 1. The molecule has 0 unspecified atom stereocenters. The molecular weight excluding hydrogens is 258 g/mol. The molecule has 0 bridgehead atoms. The number of hydrogen-bond acceptors (Lipinski definition) is 6. The lowest BCUT2D eigenvalue weighted by atomic mass is 10.2. The second-order valence-electron chi connectivity index (χ2n) is 2.95. The summed E-state index contributed by atoms with van der Waals surface area (Å²) in [6.45, 7) is 0. The van der Waals surface area contributed by atoms with Crippen molar-refractivity contribution in [2.75, 3.05) is 0 Å². The monoisotopic (exact) mass is 267 g/mol. The molecule has 3 N–H and O–H groups in total. The predicted molar refractivity (Wildman–Crippen MR) is 65.4 cm³/mol. The SMILES string of the molecule is NC(=O)c1ccccc1O.O=[N+]([O-])c1nccs1. The highest BCUT2D eigenvalue weighted by Crippen LogP contribution is 2.13. The Kier molecular flexibility index (Phi) is 4.76. The first kappa shape index (κ1) is 13.6. The van der Waals surface area contributed by atoms with Gasteiger partial charge in [-0.3, -0.25) is 4.79 Å². The lowest BCUT2D eigenvalue weighted by molar-refractivity contribution is -0.384. The Balaban J connectivity index is 0.000000184. The van der Waals surface area contributed by atoms with Crippen LogP contribution >= 0.6 is 11.3 Å². The van der Waals surface area contributed by atoms with Crippen molar-refractivity contribution in [3.8, 4) is 5.75 Å². The summed E-state index contributed by atoms with van der Waals surface area (Å²) in [6.07, 6.45) is 1.41. The number of rotatable bonds is 2. The quantitative estimate of drug-likeness (QED) is 0.631. The Bertz CT molecular complexity index is 542. The predicted octanol–water partition coefficient (Wildman–Crippen LogP) is 1.54. The second-order valence-corrected chi connectivity index (χ2v) is 3.83. The van der Waals surface area contributed by atoms with Gasteiger partial charge in [0.1, 0.15) is 5.75 Å². The summed E-state index contributed by atoms with van der Waals surface area (Å²) >= 11 is 1.02.